The average Bonchev–Trinajstić information content (AvgIpc) is 1.97. The van der Waals surface area contributed by atoms with Crippen molar-refractivity contribution in [3.63, 3.8) is 0 Å². The third-order valence-electron chi connectivity index (χ3n) is 1.35. The van der Waals surface area contributed by atoms with Gasteiger partial charge >= 0.3 is 12.2 Å². The maximum Gasteiger partial charge on any atom is 0.358 e. The minimum atomic E-state index is -1.29. The van der Waals surface area contributed by atoms with Crippen molar-refractivity contribution in [3.8, 4) is 0 Å². The second kappa shape index (κ2) is 4.59. The molecule has 0 spiro atoms. The van der Waals surface area contributed by atoms with Gasteiger partial charge in [0.1, 0.15) is 0 Å². The first-order valence-electron chi connectivity index (χ1n) is 3.86. The Morgan fingerprint density at radius 1 is 1.54 bits per heavy atom. The molecule has 0 N–H and O–H groups in total. The van der Waals surface area contributed by atoms with Gasteiger partial charge in [0.15, 0.2) is 0 Å². The van der Waals surface area contributed by atoms with Crippen molar-refractivity contribution in [3.05, 3.63) is 22.3 Å². The van der Waals surface area contributed by atoms with E-state index in [1.165, 1.54) is 6.92 Å². The molecule has 0 aromatic carbocycles. The third kappa shape index (κ3) is 3.68. The van der Waals surface area contributed by atoms with E-state index in [4.69, 9.17) is 0 Å². The van der Waals surface area contributed by atoms with Crippen LogP contribution < -0.4 is 0 Å². The summed E-state index contributed by atoms with van der Waals surface area (Å²) in [5.41, 5.74) is 0.160. The Bertz CT molecular complexity index is 234. The quantitative estimate of drug-likeness (QED) is 0.219. The fraction of sp³-hybridized carbons (Fsp3) is 0.625. The molecule has 5 heteroatoms. The van der Waals surface area contributed by atoms with Crippen LogP contribution in [0.25, 0.3) is 0 Å². The molecule has 1 unspecified atom stereocenters. The Labute approximate surface area is 76.5 Å². The highest BCUT2D eigenvalue weighted by Gasteiger charge is 2.28. The van der Waals surface area contributed by atoms with Gasteiger partial charge in [0.2, 0.25) is 0 Å². The largest absolute Gasteiger partial charge is 0.394 e. The number of esters is 1. The van der Waals surface area contributed by atoms with Crippen LogP contribution in [-0.4, -0.2) is 17.1 Å². The predicted octanol–water partition coefficient (Wildman–Crippen LogP) is 1.36. The van der Waals surface area contributed by atoms with Gasteiger partial charge in [-0.05, 0) is 6.92 Å². The van der Waals surface area contributed by atoms with Crippen molar-refractivity contribution in [2.24, 2.45) is 5.92 Å². The molecule has 0 aliphatic carbocycles. The Hall–Kier alpha value is -1.39. The van der Waals surface area contributed by atoms with Crippen molar-refractivity contribution >= 4 is 5.97 Å². The molecule has 0 saturated heterocycles. The van der Waals surface area contributed by atoms with E-state index in [0.29, 0.717) is 0 Å². The van der Waals surface area contributed by atoms with Crippen LogP contribution in [0, 0.1) is 16.0 Å². The Kier molecular flexibility index (Phi) is 4.10. The van der Waals surface area contributed by atoms with Gasteiger partial charge < -0.3 is 4.74 Å². The summed E-state index contributed by atoms with van der Waals surface area (Å²) >= 11 is 0. The van der Waals surface area contributed by atoms with Crippen molar-refractivity contribution in [1.82, 2.24) is 0 Å². The van der Waals surface area contributed by atoms with Gasteiger partial charge in [0, 0.05) is 5.57 Å². The molecule has 74 valence electrons. The van der Waals surface area contributed by atoms with E-state index in [0.717, 1.165) is 0 Å². The first kappa shape index (κ1) is 11.6. The van der Waals surface area contributed by atoms with E-state index < -0.39 is 17.1 Å². The van der Waals surface area contributed by atoms with Crippen LogP contribution in [0.1, 0.15) is 20.8 Å². The smallest absolute Gasteiger partial charge is 0.358 e. The zero-order valence-corrected chi connectivity index (χ0v) is 7.94. The van der Waals surface area contributed by atoms with Crippen LogP contribution in [0.4, 0.5) is 0 Å². The van der Waals surface area contributed by atoms with Gasteiger partial charge in [0.25, 0.3) is 0 Å². The minimum absolute atomic E-state index is 0.160. The van der Waals surface area contributed by atoms with Crippen molar-refractivity contribution in [2.75, 3.05) is 0 Å². The number of rotatable bonds is 4. The second-order valence-electron chi connectivity index (χ2n) is 3.11. The number of carbonyl (C=O) groups is 1. The fourth-order valence-corrected chi connectivity index (χ4v) is 0.633. The van der Waals surface area contributed by atoms with Crippen LogP contribution in [0.3, 0.4) is 0 Å². The summed E-state index contributed by atoms with van der Waals surface area (Å²) in [6.45, 7) is 7.99. The fourth-order valence-electron chi connectivity index (χ4n) is 0.633. The third-order valence-corrected chi connectivity index (χ3v) is 1.35. The van der Waals surface area contributed by atoms with E-state index in [-0.39, 0.29) is 11.5 Å². The SMILES string of the molecule is C=C(C)C(=O)OC(C(C)C)[N+](=O)[O-]. The highest BCUT2D eigenvalue weighted by atomic mass is 16.7. The van der Waals surface area contributed by atoms with Gasteiger partial charge in [-0.1, -0.05) is 20.4 Å². The lowest BCUT2D eigenvalue weighted by atomic mass is 10.2. The Morgan fingerprint density at radius 3 is 2.23 bits per heavy atom. The molecule has 0 radical (unpaired) electrons. The maximum absolute atomic E-state index is 10.9. The molecule has 1 atom stereocenters. The summed E-state index contributed by atoms with van der Waals surface area (Å²) < 4.78 is 4.60. The predicted molar refractivity (Wildman–Crippen MR) is 46.5 cm³/mol. The molecule has 0 aromatic heterocycles. The molecule has 0 saturated carbocycles. The molecule has 0 aliphatic rings. The van der Waals surface area contributed by atoms with Gasteiger partial charge in [0.05, 0.1) is 10.8 Å². The van der Waals surface area contributed by atoms with E-state index >= 15 is 0 Å². The van der Waals surface area contributed by atoms with E-state index in [1.807, 2.05) is 0 Å². The molecule has 13 heavy (non-hydrogen) atoms. The maximum atomic E-state index is 10.9. The first-order chi connectivity index (χ1) is 5.86. The number of nitrogens with zero attached hydrogens (tertiary/aromatic N) is 1. The van der Waals surface area contributed by atoms with Gasteiger partial charge in [-0.25, -0.2) is 4.79 Å². The van der Waals surface area contributed by atoms with Crippen molar-refractivity contribution < 1.29 is 14.5 Å². The monoisotopic (exact) mass is 187 g/mol. The van der Waals surface area contributed by atoms with Gasteiger partial charge in [-0.15, -0.1) is 0 Å². The summed E-state index contributed by atoms with van der Waals surface area (Å²) in [4.78, 5) is 20.7. The molecule has 0 aliphatic heterocycles. The highest BCUT2D eigenvalue weighted by molar-refractivity contribution is 5.86. The summed E-state index contributed by atoms with van der Waals surface area (Å²) in [6, 6.07) is 0. The molecular weight excluding hydrogens is 174 g/mol. The van der Waals surface area contributed by atoms with Crippen molar-refractivity contribution in [2.45, 2.75) is 27.0 Å². The molecular formula is C8H13NO4. The first-order valence-corrected chi connectivity index (χ1v) is 3.86. The van der Waals surface area contributed by atoms with E-state index in [1.54, 1.807) is 13.8 Å². The average molecular weight is 187 g/mol. The molecule has 0 fully saturated rings. The van der Waals surface area contributed by atoms with Crippen molar-refractivity contribution in [1.29, 1.82) is 0 Å². The summed E-state index contributed by atoms with van der Waals surface area (Å²) in [6.07, 6.45) is -1.29. The molecule has 0 heterocycles. The topological polar surface area (TPSA) is 69.4 Å². The zero-order valence-electron chi connectivity index (χ0n) is 7.94. The number of carbonyl (C=O) groups excluding carboxylic acids is 1. The lowest BCUT2D eigenvalue weighted by Crippen LogP contribution is -2.31. The molecule has 0 rings (SSSR count). The van der Waals surface area contributed by atoms with E-state index in [9.17, 15) is 14.9 Å². The van der Waals surface area contributed by atoms with Gasteiger partial charge in [-0.3, -0.25) is 10.1 Å². The second-order valence-corrected chi connectivity index (χ2v) is 3.11. The van der Waals surface area contributed by atoms with Crippen LogP contribution in [-0.2, 0) is 9.53 Å². The molecule has 5 nitrogen and oxygen atoms in total. The summed E-state index contributed by atoms with van der Waals surface area (Å²) in [5.74, 6) is -1.08. The number of hydrogen-bond donors (Lipinski definition) is 0. The number of ether oxygens (including phenoxy) is 1. The van der Waals surface area contributed by atoms with Gasteiger partial charge in [-0.2, -0.15) is 0 Å². The Balaban J connectivity index is 4.36. The van der Waals surface area contributed by atoms with E-state index in [2.05, 4.69) is 11.3 Å². The summed E-state index contributed by atoms with van der Waals surface area (Å²) in [7, 11) is 0. The lowest BCUT2D eigenvalue weighted by molar-refractivity contribution is -0.576. The zero-order chi connectivity index (χ0) is 10.6. The number of hydrogen-bond acceptors (Lipinski definition) is 4. The highest BCUT2D eigenvalue weighted by Crippen LogP contribution is 2.09. The lowest BCUT2D eigenvalue weighted by Gasteiger charge is -2.12. The minimum Gasteiger partial charge on any atom is -0.394 e. The van der Waals surface area contributed by atoms with Crippen LogP contribution in [0.5, 0.6) is 0 Å². The molecule has 0 aromatic rings. The van der Waals surface area contributed by atoms with Crippen LogP contribution >= 0.6 is 0 Å². The molecule has 0 bridgehead atoms. The normalized spacial score (nSPS) is 12.3. The Morgan fingerprint density at radius 2 is 2.00 bits per heavy atom. The van der Waals surface area contributed by atoms with Crippen LogP contribution in [0.2, 0.25) is 0 Å². The standard InChI is InChI=1S/C8H13NO4/c1-5(2)7(9(11)12)13-8(10)6(3)4/h5,7H,3H2,1-2,4H3. The summed E-state index contributed by atoms with van der Waals surface area (Å²) in [5, 5.41) is 10.4. The van der Waals surface area contributed by atoms with Crippen LogP contribution in [0.15, 0.2) is 12.2 Å². The molecule has 0 amide bonds. The number of nitro groups is 1.